The molecule has 5 aromatic rings. The van der Waals surface area contributed by atoms with Gasteiger partial charge in [0.2, 0.25) is 5.91 Å². The first kappa shape index (κ1) is 35.5. The fourth-order valence-corrected chi connectivity index (χ4v) is 6.13. The van der Waals surface area contributed by atoms with E-state index >= 15 is 0 Å². The number of thioether (sulfide) groups is 1. The van der Waals surface area contributed by atoms with E-state index in [0.29, 0.717) is 27.3 Å². The fraction of sp³-hybridized carbons (Fsp3) is 0.0541. The molecule has 248 valence electrons. The van der Waals surface area contributed by atoms with Gasteiger partial charge >= 0.3 is 6.18 Å². The van der Waals surface area contributed by atoms with Crippen LogP contribution in [-0.4, -0.2) is 17.7 Å². The Labute approximate surface area is 297 Å². The van der Waals surface area contributed by atoms with E-state index in [1.165, 1.54) is 6.07 Å². The highest BCUT2D eigenvalue weighted by Gasteiger charge is 2.35. The van der Waals surface area contributed by atoms with Gasteiger partial charge in [-0.25, -0.2) is 0 Å². The zero-order valence-corrected chi connectivity index (χ0v) is 28.5. The van der Waals surface area contributed by atoms with Gasteiger partial charge in [0, 0.05) is 25.6 Å². The summed E-state index contributed by atoms with van der Waals surface area (Å²) in [4.78, 5) is 40.7. The zero-order chi connectivity index (χ0) is 35.0. The van der Waals surface area contributed by atoms with E-state index in [1.54, 1.807) is 115 Å². The number of hydrogen-bond donors (Lipinski definition) is 3. The van der Waals surface area contributed by atoms with Crippen molar-refractivity contribution in [2.75, 3.05) is 10.6 Å². The summed E-state index contributed by atoms with van der Waals surface area (Å²) in [5.41, 5.74) is 0.423. The second-order valence-electron chi connectivity index (χ2n) is 10.5. The monoisotopic (exact) mass is 763 g/mol. The smallest absolute Gasteiger partial charge is 0.324 e. The highest BCUT2D eigenvalue weighted by molar-refractivity contribution is 9.10. The van der Waals surface area contributed by atoms with Crippen LogP contribution < -0.4 is 16.0 Å². The van der Waals surface area contributed by atoms with Gasteiger partial charge in [-0.2, -0.15) is 13.2 Å². The summed E-state index contributed by atoms with van der Waals surface area (Å²) < 4.78 is 42.2. The van der Waals surface area contributed by atoms with E-state index in [-0.39, 0.29) is 10.7 Å². The summed E-state index contributed by atoms with van der Waals surface area (Å²) in [6.07, 6.45) is -3.20. The number of hydrogen-bond acceptors (Lipinski definition) is 4. The first-order valence-electron chi connectivity index (χ1n) is 14.6. The Hall–Kier alpha value is -4.84. The second-order valence-corrected chi connectivity index (χ2v) is 13.0. The maximum absolute atomic E-state index is 13.8. The maximum atomic E-state index is 13.8. The molecule has 1 atom stereocenters. The summed E-state index contributed by atoms with van der Waals surface area (Å²) in [6, 6.07) is 34.0. The molecule has 0 saturated heterocycles. The van der Waals surface area contributed by atoms with Gasteiger partial charge in [-0.3, -0.25) is 14.4 Å². The summed E-state index contributed by atoms with van der Waals surface area (Å²) in [7, 11) is 0. The number of halogens is 5. The summed E-state index contributed by atoms with van der Waals surface area (Å²) in [5, 5.41) is 6.83. The molecule has 0 fully saturated rings. The van der Waals surface area contributed by atoms with E-state index in [9.17, 15) is 27.6 Å². The van der Waals surface area contributed by atoms with Gasteiger partial charge in [0.1, 0.15) is 10.9 Å². The van der Waals surface area contributed by atoms with Crippen molar-refractivity contribution in [2.45, 2.75) is 16.3 Å². The molecule has 5 aromatic carbocycles. The molecule has 3 N–H and O–H groups in total. The van der Waals surface area contributed by atoms with E-state index in [0.717, 1.165) is 28.4 Å². The number of amides is 3. The molecule has 12 heteroatoms. The minimum absolute atomic E-state index is 0.0146. The molecule has 0 aliphatic carbocycles. The van der Waals surface area contributed by atoms with Gasteiger partial charge in [-0.1, -0.05) is 94.3 Å². The number of nitrogens with one attached hydrogen (secondary N) is 3. The molecular formula is C37H26BrClF3N3O3S. The van der Waals surface area contributed by atoms with Crippen LogP contribution in [0.3, 0.4) is 0 Å². The van der Waals surface area contributed by atoms with Crippen LogP contribution >= 0.6 is 39.3 Å². The molecule has 0 spiro atoms. The first-order chi connectivity index (χ1) is 23.5. The first-order valence-corrected chi connectivity index (χ1v) is 16.7. The molecule has 0 bridgehead atoms. The molecule has 1 unspecified atom stereocenters. The third-order valence-corrected chi connectivity index (χ3v) is 8.95. The van der Waals surface area contributed by atoms with Crippen molar-refractivity contribution in [1.29, 1.82) is 0 Å². The highest BCUT2D eigenvalue weighted by atomic mass is 79.9. The molecule has 6 nitrogen and oxygen atoms in total. The SMILES string of the molecule is O=C(Nc1cccc(SC(C(=O)Nc2ccc(Cl)cc2C(F)(F)F)c2ccccc2)c1)/C(=C/c1ccc(Br)cc1)NC(=O)c1ccccc1. The van der Waals surface area contributed by atoms with E-state index in [1.807, 2.05) is 0 Å². The molecular weight excluding hydrogens is 739 g/mol. The van der Waals surface area contributed by atoms with Crippen LogP contribution in [0.1, 0.15) is 32.3 Å². The van der Waals surface area contributed by atoms with E-state index in [2.05, 4.69) is 31.9 Å². The summed E-state index contributed by atoms with van der Waals surface area (Å²) >= 11 is 10.3. The molecule has 0 aliphatic rings. The predicted octanol–water partition coefficient (Wildman–Crippen LogP) is 10.0. The van der Waals surface area contributed by atoms with Crippen LogP contribution in [0, 0.1) is 0 Å². The Morgan fingerprint density at radius 3 is 2.12 bits per heavy atom. The molecule has 0 aromatic heterocycles. The summed E-state index contributed by atoms with van der Waals surface area (Å²) in [5.74, 6) is -1.77. The Morgan fingerprint density at radius 2 is 1.45 bits per heavy atom. The zero-order valence-electron chi connectivity index (χ0n) is 25.3. The standard InChI is InChI=1S/C37H26BrClF3N3O3S/c38-26-16-14-23(15-17-26)20-32(45-34(46)25-10-5-2-6-11-25)35(47)43-28-12-7-13-29(22-28)49-33(24-8-3-1-4-9-24)36(48)44-31-19-18-27(39)21-30(31)37(40,41)42/h1-22,33H,(H,43,47)(H,44,48)(H,45,46)/b32-20-. The Kier molecular flexibility index (Phi) is 11.6. The predicted molar refractivity (Wildman–Crippen MR) is 191 cm³/mol. The lowest BCUT2D eigenvalue weighted by atomic mass is 10.1. The number of alkyl halides is 3. The number of rotatable bonds is 10. The van der Waals surface area contributed by atoms with E-state index < -0.39 is 40.4 Å². The van der Waals surface area contributed by atoms with Crippen molar-refractivity contribution < 1.29 is 27.6 Å². The van der Waals surface area contributed by atoms with Gasteiger partial charge in [0.15, 0.2) is 0 Å². The van der Waals surface area contributed by atoms with Crippen molar-refractivity contribution in [3.8, 4) is 0 Å². The van der Waals surface area contributed by atoms with Gasteiger partial charge in [0.25, 0.3) is 11.8 Å². The van der Waals surface area contributed by atoms with Gasteiger partial charge in [0.05, 0.1) is 11.3 Å². The van der Waals surface area contributed by atoms with Crippen LogP contribution in [0.2, 0.25) is 5.02 Å². The third-order valence-electron chi connectivity index (χ3n) is 6.94. The number of carbonyl (C=O) groups is 3. The number of carbonyl (C=O) groups excluding carboxylic acids is 3. The average molecular weight is 765 g/mol. The number of benzene rings is 5. The topological polar surface area (TPSA) is 87.3 Å². The minimum Gasteiger partial charge on any atom is -0.324 e. The Morgan fingerprint density at radius 1 is 0.776 bits per heavy atom. The molecule has 0 saturated carbocycles. The lowest BCUT2D eigenvalue weighted by molar-refractivity contribution is -0.137. The molecule has 0 aliphatic heterocycles. The quantitative estimate of drug-likeness (QED) is 0.0977. The largest absolute Gasteiger partial charge is 0.418 e. The second kappa shape index (κ2) is 16.0. The van der Waals surface area contributed by atoms with Crippen LogP contribution in [0.15, 0.2) is 142 Å². The van der Waals surface area contributed by atoms with Crippen molar-refractivity contribution in [1.82, 2.24) is 5.32 Å². The van der Waals surface area contributed by atoms with Crippen LogP contribution in [-0.2, 0) is 15.8 Å². The Balaban J connectivity index is 1.39. The van der Waals surface area contributed by atoms with Crippen LogP contribution in [0.25, 0.3) is 6.08 Å². The normalized spacial score (nSPS) is 12.1. The van der Waals surface area contributed by atoms with Crippen molar-refractivity contribution in [2.24, 2.45) is 0 Å². The fourth-order valence-electron chi connectivity index (χ4n) is 4.61. The molecule has 5 rings (SSSR count). The Bertz CT molecular complexity index is 1990. The average Bonchev–Trinajstić information content (AvgIpc) is 3.09. The van der Waals surface area contributed by atoms with Crippen molar-refractivity contribution in [3.05, 3.63) is 165 Å². The minimum atomic E-state index is -4.75. The molecule has 49 heavy (non-hydrogen) atoms. The highest BCUT2D eigenvalue weighted by Crippen LogP contribution is 2.40. The molecule has 0 radical (unpaired) electrons. The van der Waals surface area contributed by atoms with Crippen LogP contribution in [0.5, 0.6) is 0 Å². The third kappa shape index (κ3) is 9.85. The van der Waals surface area contributed by atoms with Gasteiger partial charge in [-0.05, 0) is 77.9 Å². The maximum Gasteiger partial charge on any atom is 0.418 e. The number of anilines is 2. The van der Waals surface area contributed by atoms with Gasteiger partial charge < -0.3 is 16.0 Å². The van der Waals surface area contributed by atoms with E-state index in [4.69, 9.17) is 11.6 Å². The lowest BCUT2D eigenvalue weighted by Gasteiger charge is -2.20. The molecule has 3 amide bonds. The van der Waals surface area contributed by atoms with Gasteiger partial charge in [-0.15, -0.1) is 11.8 Å². The molecule has 0 heterocycles. The lowest BCUT2D eigenvalue weighted by Crippen LogP contribution is -2.30. The van der Waals surface area contributed by atoms with Crippen molar-refractivity contribution >= 4 is 74.5 Å². The van der Waals surface area contributed by atoms with Crippen LogP contribution in [0.4, 0.5) is 24.5 Å². The summed E-state index contributed by atoms with van der Waals surface area (Å²) in [6.45, 7) is 0. The van der Waals surface area contributed by atoms with Crippen molar-refractivity contribution in [3.63, 3.8) is 0 Å².